The van der Waals surface area contributed by atoms with Gasteiger partial charge in [0.1, 0.15) is 12.2 Å². The number of hydrogen-bond donors (Lipinski definition) is 2. The SMILES string of the molecule is CN=C(NCCCOC(C)c1ccccc1)NCc1ncnn1C. The largest absolute Gasteiger partial charge is 0.374 e. The minimum absolute atomic E-state index is 0.111. The van der Waals surface area contributed by atoms with Crippen LogP contribution in [0, 0.1) is 0 Å². The number of aryl methyl sites for hydroxylation is 1. The summed E-state index contributed by atoms with van der Waals surface area (Å²) < 4.78 is 7.59. The summed E-state index contributed by atoms with van der Waals surface area (Å²) in [5.41, 5.74) is 1.20. The standard InChI is InChI=1S/C17H26N6O/c1-14(15-8-5-4-6-9-15)24-11-7-10-19-17(18-2)20-12-16-21-13-22-23(16)3/h4-6,8-9,13-14H,7,10-12H2,1-3H3,(H2,18,19,20). The van der Waals surface area contributed by atoms with E-state index in [0.717, 1.165) is 24.7 Å². The van der Waals surface area contributed by atoms with Crippen LogP contribution >= 0.6 is 0 Å². The molecule has 0 aliphatic carbocycles. The van der Waals surface area contributed by atoms with Crippen molar-refractivity contribution in [2.45, 2.75) is 26.0 Å². The molecule has 0 spiro atoms. The third-order valence-electron chi connectivity index (χ3n) is 3.69. The highest BCUT2D eigenvalue weighted by atomic mass is 16.5. The number of guanidine groups is 1. The molecule has 0 aliphatic rings. The zero-order valence-corrected chi connectivity index (χ0v) is 14.6. The Morgan fingerprint density at radius 1 is 1.29 bits per heavy atom. The van der Waals surface area contributed by atoms with E-state index in [9.17, 15) is 0 Å². The highest BCUT2D eigenvalue weighted by molar-refractivity contribution is 5.79. The molecular weight excluding hydrogens is 304 g/mol. The second kappa shape index (κ2) is 9.67. The summed E-state index contributed by atoms with van der Waals surface area (Å²) in [6.07, 6.45) is 2.56. The van der Waals surface area contributed by atoms with Crippen molar-refractivity contribution in [1.82, 2.24) is 25.4 Å². The molecule has 0 aliphatic heterocycles. The van der Waals surface area contributed by atoms with Gasteiger partial charge in [-0.1, -0.05) is 30.3 Å². The fourth-order valence-corrected chi connectivity index (χ4v) is 2.22. The molecule has 0 radical (unpaired) electrons. The summed E-state index contributed by atoms with van der Waals surface area (Å²) in [5, 5.41) is 10.5. The van der Waals surface area contributed by atoms with Crippen LogP contribution in [-0.4, -0.2) is 40.9 Å². The van der Waals surface area contributed by atoms with Crippen LogP contribution in [0.3, 0.4) is 0 Å². The monoisotopic (exact) mass is 330 g/mol. The van der Waals surface area contributed by atoms with E-state index in [1.165, 1.54) is 5.56 Å². The number of hydrogen-bond acceptors (Lipinski definition) is 4. The normalized spacial score (nSPS) is 12.9. The van der Waals surface area contributed by atoms with E-state index in [1.54, 1.807) is 18.1 Å². The molecule has 7 heteroatoms. The Hall–Kier alpha value is -2.41. The van der Waals surface area contributed by atoms with Crippen molar-refractivity contribution < 1.29 is 4.74 Å². The Bertz CT molecular complexity index is 625. The van der Waals surface area contributed by atoms with Gasteiger partial charge in [-0.3, -0.25) is 9.67 Å². The van der Waals surface area contributed by atoms with Crippen LogP contribution in [0.1, 0.15) is 30.8 Å². The summed E-state index contributed by atoms with van der Waals surface area (Å²) in [7, 11) is 3.62. The van der Waals surface area contributed by atoms with Crippen molar-refractivity contribution in [2.75, 3.05) is 20.2 Å². The van der Waals surface area contributed by atoms with Gasteiger partial charge in [-0.25, -0.2) is 4.98 Å². The third-order valence-corrected chi connectivity index (χ3v) is 3.69. The number of aliphatic imine (C=N–C) groups is 1. The molecular formula is C17H26N6O. The van der Waals surface area contributed by atoms with Crippen LogP contribution in [0.25, 0.3) is 0 Å². The maximum absolute atomic E-state index is 5.86. The Morgan fingerprint density at radius 3 is 2.75 bits per heavy atom. The van der Waals surface area contributed by atoms with Crippen LogP contribution in [-0.2, 0) is 18.3 Å². The maximum atomic E-state index is 5.86. The van der Waals surface area contributed by atoms with E-state index in [4.69, 9.17) is 4.74 Å². The molecule has 130 valence electrons. The third kappa shape index (κ3) is 5.66. The first-order chi connectivity index (χ1) is 11.7. The average molecular weight is 330 g/mol. The van der Waals surface area contributed by atoms with Gasteiger partial charge in [0.15, 0.2) is 5.96 Å². The molecule has 0 amide bonds. The summed E-state index contributed by atoms with van der Waals surface area (Å²) in [6, 6.07) is 10.2. The molecule has 0 fully saturated rings. The first-order valence-electron chi connectivity index (χ1n) is 8.14. The number of rotatable bonds is 8. The van der Waals surface area contributed by atoms with Crippen LogP contribution in [0.4, 0.5) is 0 Å². The predicted molar refractivity (Wildman–Crippen MR) is 94.6 cm³/mol. The molecule has 0 bridgehead atoms. The predicted octanol–water partition coefficient (Wildman–Crippen LogP) is 1.65. The van der Waals surface area contributed by atoms with Crippen molar-refractivity contribution >= 4 is 5.96 Å². The molecule has 1 atom stereocenters. The molecule has 2 N–H and O–H groups in total. The lowest BCUT2D eigenvalue weighted by atomic mass is 10.1. The van der Waals surface area contributed by atoms with Gasteiger partial charge in [-0.2, -0.15) is 5.10 Å². The van der Waals surface area contributed by atoms with Gasteiger partial charge in [-0.05, 0) is 18.9 Å². The lowest BCUT2D eigenvalue weighted by Gasteiger charge is -2.14. The Morgan fingerprint density at radius 2 is 2.08 bits per heavy atom. The van der Waals surface area contributed by atoms with Crippen molar-refractivity contribution in [3.8, 4) is 0 Å². The summed E-state index contributed by atoms with van der Waals surface area (Å²) in [5.74, 6) is 1.60. The highest BCUT2D eigenvalue weighted by Gasteiger charge is 2.05. The second-order valence-corrected chi connectivity index (χ2v) is 5.43. The molecule has 1 unspecified atom stereocenters. The first-order valence-corrected chi connectivity index (χ1v) is 8.14. The van der Waals surface area contributed by atoms with Crippen LogP contribution in [0.5, 0.6) is 0 Å². The Labute approximate surface area is 143 Å². The lowest BCUT2D eigenvalue weighted by molar-refractivity contribution is 0.0646. The topological polar surface area (TPSA) is 76.4 Å². The number of nitrogens with zero attached hydrogens (tertiary/aromatic N) is 4. The smallest absolute Gasteiger partial charge is 0.191 e. The van der Waals surface area contributed by atoms with Crippen LogP contribution < -0.4 is 10.6 Å². The molecule has 0 saturated heterocycles. The summed E-state index contributed by atoms with van der Waals surface area (Å²) in [4.78, 5) is 8.36. The van der Waals surface area contributed by atoms with Crippen LogP contribution in [0.15, 0.2) is 41.7 Å². The van der Waals surface area contributed by atoms with Crippen LogP contribution in [0.2, 0.25) is 0 Å². The Kier molecular flexibility index (Phi) is 7.22. The van der Waals surface area contributed by atoms with E-state index >= 15 is 0 Å². The zero-order valence-electron chi connectivity index (χ0n) is 14.6. The van der Waals surface area contributed by atoms with E-state index in [1.807, 2.05) is 25.2 Å². The molecule has 0 saturated carbocycles. The molecule has 2 aromatic rings. The van der Waals surface area contributed by atoms with Gasteiger partial charge >= 0.3 is 0 Å². The fourth-order valence-electron chi connectivity index (χ4n) is 2.22. The molecule has 1 aromatic heterocycles. The maximum Gasteiger partial charge on any atom is 0.191 e. The van der Waals surface area contributed by atoms with E-state index in [0.29, 0.717) is 13.2 Å². The number of aromatic nitrogens is 3. The molecule has 24 heavy (non-hydrogen) atoms. The van der Waals surface area contributed by atoms with Crippen molar-refractivity contribution in [2.24, 2.45) is 12.0 Å². The van der Waals surface area contributed by atoms with Gasteiger partial charge in [0.25, 0.3) is 0 Å². The van der Waals surface area contributed by atoms with Gasteiger partial charge in [0.05, 0.1) is 12.6 Å². The minimum atomic E-state index is 0.111. The minimum Gasteiger partial charge on any atom is -0.374 e. The molecule has 1 aromatic carbocycles. The van der Waals surface area contributed by atoms with Crippen molar-refractivity contribution in [3.05, 3.63) is 48.0 Å². The fraction of sp³-hybridized carbons (Fsp3) is 0.471. The van der Waals surface area contributed by atoms with Crippen molar-refractivity contribution in [1.29, 1.82) is 0 Å². The lowest BCUT2D eigenvalue weighted by Crippen LogP contribution is -2.38. The van der Waals surface area contributed by atoms with Gasteiger partial charge in [0.2, 0.25) is 0 Å². The number of ether oxygens (including phenoxy) is 1. The molecule has 1 heterocycles. The van der Waals surface area contributed by atoms with Gasteiger partial charge < -0.3 is 15.4 Å². The van der Waals surface area contributed by atoms with E-state index < -0.39 is 0 Å². The van der Waals surface area contributed by atoms with Crippen molar-refractivity contribution in [3.63, 3.8) is 0 Å². The van der Waals surface area contributed by atoms with Gasteiger partial charge in [-0.15, -0.1) is 0 Å². The summed E-state index contributed by atoms with van der Waals surface area (Å²) in [6.45, 7) is 4.14. The van der Waals surface area contributed by atoms with Gasteiger partial charge in [0, 0.05) is 27.2 Å². The molecule has 7 nitrogen and oxygen atoms in total. The molecule has 2 rings (SSSR count). The first kappa shape index (κ1) is 17.9. The highest BCUT2D eigenvalue weighted by Crippen LogP contribution is 2.15. The summed E-state index contributed by atoms with van der Waals surface area (Å²) >= 11 is 0. The van der Waals surface area contributed by atoms with E-state index in [2.05, 4.69) is 44.8 Å². The number of benzene rings is 1. The second-order valence-electron chi connectivity index (χ2n) is 5.43. The number of nitrogens with one attached hydrogen (secondary N) is 2. The quantitative estimate of drug-likeness (QED) is 0.437. The Balaban J connectivity index is 1.61. The average Bonchev–Trinajstić information content (AvgIpc) is 3.03. The van der Waals surface area contributed by atoms with E-state index in [-0.39, 0.29) is 6.10 Å². The zero-order chi connectivity index (χ0) is 17.2.